The summed E-state index contributed by atoms with van der Waals surface area (Å²) < 4.78 is 11.4. The average molecular weight is 359 g/mol. The minimum Gasteiger partial charge on any atom is -0.539 e. The Morgan fingerprint density at radius 2 is 2.16 bits per heavy atom. The number of hydrogen-bond acceptors (Lipinski definition) is 8. The molecule has 9 heteroatoms. The van der Waals surface area contributed by atoms with Gasteiger partial charge in [0, 0.05) is 23.2 Å². The molecule has 2 aromatic heterocycles. The summed E-state index contributed by atoms with van der Waals surface area (Å²) in [6.45, 7) is 3.95. The summed E-state index contributed by atoms with van der Waals surface area (Å²) in [6.07, 6.45) is 0.846. The molecule has 25 heavy (non-hydrogen) atoms. The van der Waals surface area contributed by atoms with Crippen LogP contribution in [0.4, 0.5) is 5.13 Å². The molecule has 0 aliphatic carbocycles. The van der Waals surface area contributed by atoms with Gasteiger partial charge in [-0.25, -0.2) is 4.98 Å². The lowest BCUT2D eigenvalue weighted by atomic mass is 10.3. The van der Waals surface area contributed by atoms with E-state index in [2.05, 4.69) is 20.8 Å². The molecule has 0 amide bonds. The number of thiazole rings is 1. The van der Waals surface area contributed by atoms with Crippen molar-refractivity contribution in [1.82, 2.24) is 10.3 Å². The highest BCUT2D eigenvalue weighted by molar-refractivity contribution is 7.14. The predicted octanol–water partition coefficient (Wildman–Crippen LogP) is 2.35. The minimum atomic E-state index is -0.555. The van der Waals surface area contributed by atoms with Gasteiger partial charge in [0.2, 0.25) is 10.8 Å². The zero-order chi connectivity index (χ0) is 17.8. The molecule has 130 valence electrons. The predicted molar refractivity (Wildman–Crippen MR) is 92.2 cm³/mol. The number of anilines is 1. The lowest BCUT2D eigenvalue weighted by Gasteiger charge is -1.98. The summed E-state index contributed by atoms with van der Waals surface area (Å²) in [5.41, 5.74) is 5.24. The van der Waals surface area contributed by atoms with E-state index < -0.39 is 5.95 Å². The van der Waals surface area contributed by atoms with Gasteiger partial charge < -0.3 is 14.4 Å². The normalized spacial score (nSPS) is 11.6. The van der Waals surface area contributed by atoms with Crippen molar-refractivity contribution in [1.29, 1.82) is 0 Å². The van der Waals surface area contributed by atoms with Crippen LogP contribution in [0.15, 0.2) is 39.3 Å². The maximum Gasteiger partial charge on any atom is 0.289 e. The molecule has 3 aromatic rings. The van der Waals surface area contributed by atoms with E-state index in [4.69, 9.17) is 9.26 Å². The highest BCUT2D eigenvalue weighted by Gasteiger charge is 2.24. The van der Waals surface area contributed by atoms with Crippen LogP contribution in [0.1, 0.15) is 20.3 Å². The molecule has 0 spiro atoms. The second-order valence-electron chi connectivity index (χ2n) is 5.17. The van der Waals surface area contributed by atoms with Crippen molar-refractivity contribution in [3.05, 3.63) is 29.6 Å². The van der Waals surface area contributed by atoms with E-state index in [1.54, 1.807) is 36.8 Å². The molecule has 0 atom stereocenters. The zero-order valence-electron chi connectivity index (χ0n) is 14.0. The molecule has 8 nitrogen and oxygen atoms in total. The van der Waals surface area contributed by atoms with Crippen molar-refractivity contribution in [3.8, 4) is 28.8 Å². The van der Waals surface area contributed by atoms with Crippen LogP contribution in [0.2, 0.25) is 0 Å². The molecule has 1 aromatic carbocycles. The number of hydrogen-bond donors (Lipinski definition) is 1. The number of benzene rings is 1. The van der Waals surface area contributed by atoms with Gasteiger partial charge in [0.15, 0.2) is 11.6 Å². The number of ether oxygens (including phenoxy) is 1. The molecule has 0 saturated carbocycles. The lowest BCUT2D eigenvalue weighted by molar-refractivity contribution is -0.660. The minimum absolute atomic E-state index is 0.255. The van der Waals surface area contributed by atoms with Crippen LogP contribution in [0.5, 0.6) is 11.7 Å². The Kier molecular flexibility index (Phi) is 4.94. The Morgan fingerprint density at radius 3 is 2.84 bits per heavy atom. The van der Waals surface area contributed by atoms with E-state index in [1.165, 1.54) is 16.0 Å². The lowest BCUT2D eigenvalue weighted by Crippen LogP contribution is -2.34. The largest absolute Gasteiger partial charge is 0.539 e. The fraction of sp³-hybridized carbons (Fsp3) is 0.250. The molecule has 0 radical (unpaired) electrons. The van der Waals surface area contributed by atoms with Crippen LogP contribution in [-0.2, 0) is 0 Å². The molecular formula is C16H17N5O3S. The summed E-state index contributed by atoms with van der Waals surface area (Å²) in [7, 11) is 1.59. The number of nitrogens with one attached hydrogen (secondary N) is 1. The first-order chi connectivity index (χ1) is 12.1. The van der Waals surface area contributed by atoms with Crippen molar-refractivity contribution in [3.63, 3.8) is 0 Å². The van der Waals surface area contributed by atoms with Crippen molar-refractivity contribution in [2.45, 2.75) is 20.3 Å². The third kappa shape index (κ3) is 3.61. The van der Waals surface area contributed by atoms with Crippen LogP contribution in [0.3, 0.4) is 0 Å². The van der Waals surface area contributed by atoms with Gasteiger partial charge in [-0.15, -0.1) is 11.3 Å². The van der Waals surface area contributed by atoms with Crippen LogP contribution in [0, 0.1) is 0 Å². The van der Waals surface area contributed by atoms with E-state index >= 15 is 0 Å². The highest BCUT2D eigenvalue weighted by Crippen LogP contribution is 2.28. The number of hydrazone groups is 1. The van der Waals surface area contributed by atoms with Crippen LogP contribution >= 0.6 is 11.3 Å². The average Bonchev–Trinajstić information content (AvgIpc) is 3.26. The van der Waals surface area contributed by atoms with E-state index in [1.807, 2.05) is 13.8 Å². The van der Waals surface area contributed by atoms with Crippen LogP contribution in [-0.4, -0.2) is 23.1 Å². The molecular weight excluding hydrogens is 342 g/mol. The molecule has 0 fully saturated rings. The Morgan fingerprint density at radius 1 is 1.40 bits per heavy atom. The van der Waals surface area contributed by atoms with Gasteiger partial charge in [0.05, 0.1) is 12.4 Å². The van der Waals surface area contributed by atoms with Gasteiger partial charge in [0.25, 0.3) is 5.69 Å². The monoisotopic (exact) mass is 359 g/mol. The Balaban J connectivity index is 1.93. The molecule has 0 bridgehead atoms. The van der Waals surface area contributed by atoms with E-state index in [-0.39, 0.29) is 5.69 Å². The summed E-state index contributed by atoms with van der Waals surface area (Å²) in [6, 6.07) is 7.12. The van der Waals surface area contributed by atoms with E-state index in [0.29, 0.717) is 22.3 Å². The summed E-state index contributed by atoms with van der Waals surface area (Å²) in [5, 5.41) is 22.5. The van der Waals surface area contributed by atoms with Gasteiger partial charge in [0.1, 0.15) is 5.75 Å². The number of nitrogens with zero attached hydrogens (tertiary/aromatic N) is 4. The Labute approximate surface area is 148 Å². The summed E-state index contributed by atoms with van der Waals surface area (Å²) in [4.78, 5) is 4.39. The first kappa shape index (κ1) is 16.9. The summed E-state index contributed by atoms with van der Waals surface area (Å²) >= 11 is 1.35. The first-order valence-electron chi connectivity index (χ1n) is 7.61. The van der Waals surface area contributed by atoms with Crippen LogP contribution < -0.4 is 20.0 Å². The quantitative estimate of drug-likeness (QED) is 0.412. The second-order valence-corrected chi connectivity index (χ2v) is 6.03. The summed E-state index contributed by atoms with van der Waals surface area (Å²) in [5.74, 6) is 0.155. The number of aromatic nitrogens is 3. The SMILES string of the molecule is CC/C(C)=N/Nc1nc(-c2c([O-])on[n+]2-c2ccc(OC)cc2)cs1. The third-order valence-corrected chi connectivity index (χ3v) is 4.28. The fourth-order valence-electron chi connectivity index (χ4n) is 2.02. The maximum atomic E-state index is 12.1. The standard InChI is InChI=1S/C16H17N5O3S/c1-4-10(2)18-19-16-17-13(9-25-16)14-15(22)24-20-21(14)11-5-7-12(23-3)8-6-11/h5-9H,4H2,1-3H3,(H-,17,19,20,22)/b18-10+. The second kappa shape index (κ2) is 7.31. The van der Waals surface area contributed by atoms with E-state index in [0.717, 1.165) is 12.1 Å². The van der Waals surface area contributed by atoms with Gasteiger partial charge in [-0.05, 0) is 30.2 Å². The van der Waals surface area contributed by atoms with Crippen molar-refractivity contribution in [2.24, 2.45) is 5.10 Å². The molecule has 0 saturated heterocycles. The number of methoxy groups -OCH3 is 1. The first-order valence-corrected chi connectivity index (χ1v) is 8.49. The molecule has 0 aliphatic heterocycles. The van der Waals surface area contributed by atoms with Crippen molar-refractivity contribution >= 4 is 22.2 Å². The topological polar surface area (TPSA) is 99.5 Å². The molecule has 1 N–H and O–H groups in total. The van der Waals surface area contributed by atoms with Gasteiger partial charge in [-0.1, -0.05) is 6.92 Å². The van der Waals surface area contributed by atoms with Crippen molar-refractivity contribution < 1.29 is 19.0 Å². The molecule has 2 heterocycles. The smallest absolute Gasteiger partial charge is 0.289 e. The molecule has 0 aliphatic rings. The number of rotatable bonds is 6. The third-order valence-electron chi connectivity index (χ3n) is 3.53. The molecule has 0 unspecified atom stereocenters. The van der Waals surface area contributed by atoms with Gasteiger partial charge in [-0.2, -0.15) is 5.10 Å². The van der Waals surface area contributed by atoms with Gasteiger partial charge in [-0.3, -0.25) is 5.43 Å². The van der Waals surface area contributed by atoms with E-state index in [9.17, 15) is 5.11 Å². The Bertz CT molecular complexity index is 886. The zero-order valence-corrected chi connectivity index (χ0v) is 14.8. The maximum absolute atomic E-state index is 12.1. The fourth-order valence-corrected chi connectivity index (χ4v) is 2.65. The molecule has 3 rings (SSSR count). The van der Waals surface area contributed by atoms with Gasteiger partial charge >= 0.3 is 0 Å². The van der Waals surface area contributed by atoms with Crippen LogP contribution in [0.25, 0.3) is 17.1 Å². The highest BCUT2D eigenvalue weighted by atomic mass is 32.1. The Hall–Kier alpha value is -2.94. The van der Waals surface area contributed by atoms with Crippen molar-refractivity contribution in [2.75, 3.05) is 12.5 Å².